The van der Waals surface area contributed by atoms with Crippen LogP contribution in [-0.2, 0) is 0 Å². The molecule has 0 rings (SSSR count). The minimum Gasteiger partial charge on any atom is -0.391 e. The third-order valence-corrected chi connectivity index (χ3v) is 1.60. The van der Waals surface area contributed by atoms with Crippen LogP contribution in [0.25, 0.3) is 0 Å². The van der Waals surface area contributed by atoms with Crippen LogP contribution >= 0.6 is 0 Å². The van der Waals surface area contributed by atoms with Crippen molar-refractivity contribution in [3.05, 3.63) is 35.6 Å². The molecular formula is C10H17N. The smallest absolute Gasteiger partial charge is 0.0151 e. The molecule has 0 atom stereocenters. The lowest BCUT2D eigenvalue weighted by molar-refractivity contribution is 0.964. The molecule has 62 valence electrons. The van der Waals surface area contributed by atoms with E-state index in [2.05, 4.69) is 18.5 Å². The van der Waals surface area contributed by atoms with Gasteiger partial charge in [0.1, 0.15) is 0 Å². The summed E-state index contributed by atoms with van der Waals surface area (Å²) in [4.78, 5) is 0. The van der Waals surface area contributed by atoms with E-state index >= 15 is 0 Å². The van der Waals surface area contributed by atoms with Crippen molar-refractivity contribution in [3.8, 4) is 0 Å². The second kappa shape index (κ2) is 4.02. The Labute approximate surface area is 69.5 Å². The summed E-state index contributed by atoms with van der Waals surface area (Å²) in [5.41, 5.74) is 4.39. The second-order valence-electron chi connectivity index (χ2n) is 2.81. The van der Waals surface area contributed by atoms with Crippen LogP contribution in [0.2, 0.25) is 0 Å². The third kappa shape index (κ3) is 2.62. The number of hydrogen-bond donors (Lipinski definition) is 1. The van der Waals surface area contributed by atoms with Crippen LogP contribution in [0.1, 0.15) is 20.8 Å². The van der Waals surface area contributed by atoms with Crippen molar-refractivity contribution in [2.24, 2.45) is 0 Å². The average molecular weight is 151 g/mol. The van der Waals surface area contributed by atoms with Gasteiger partial charge in [-0.15, -0.1) is 0 Å². The molecule has 0 spiro atoms. The second-order valence-corrected chi connectivity index (χ2v) is 2.81. The molecule has 1 N–H and O–H groups in total. The molecule has 0 fully saturated rings. The number of hydrogen-bond acceptors (Lipinski definition) is 1. The fourth-order valence-electron chi connectivity index (χ4n) is 1.13. The van der Waals surface area contributed by atoms with Crippen molar-refractivity contribution >= 4 is 0 Å². The Bertz CT molecular complexity index is 193. The molecule has 0 aliphatic rings. The van der Waals surface area contributed by atoms with Gasteiger partial charge in [-0.3, -0.25) is 0 Å². The van der Waals surface area contributed by atoms with E-state index < -0.39 is 0 Å². The first kappa shape index (κ1) is 10.0. The largest absolute Gasteiger partial charge is 0.391 e. The third-order valence-electron chi connectivity index (χ3n) is 1.60. The van der Waals surface area contributed by atoms with Crippen molar-refractivity contribution in [1.82, 2.24) is 5.32 Å². The van der Waals surface area contributed by atoms with Crippen LogP contribution in [0, 0.1) is 0 Å². The molecule has 0 aromatic heterocycles. The highest BCUT2D eigenvalue weighted by atomic mass is 14.8. The predicted octanol–water partition coefficient (Wildman–Crippen LogP) is 2.63. The van der Waals surface area contributed by atoms with Gasteiger partial charge in [0, 0.05) is 12.7 Å². The Kier molecular flexibility index (Phi) is 3.66. The van der Waals surface area contributed by atoms with Crippen molar-refractivity contribution in [1.29, 1.82) is 0 Å². The molecule has 0 heterocycles. The maximum Gasteiger partial charge on any atom is 0.0151 e. The minimum absolute atomic E-state index is 1.06. The van der Waals surface area contributed by atoms with E-state index in [0.717, 1.165) is 22.4 Å². The van der Waals surface area contributed by atoms with Crippen molar-refractivity contribution in [3.63, 3.8) is 0 Å². The molecule has 0 unspecified atom stereocenters. The summed E-state index contributed by atoms with van der Waals surface area (Å²) >= 11 is 0. The Hall–Kier alpha value is -0.980. The van der Waals surface area contributed by atoms with Crippen LogP contribution in [-0.4, -0.2) is 7.05 Å². The molecule has 0 aliphatic carbocycles. The lowest BCUT2D eigenvalue weighted by Crippen LogP contribution is -2.06. The first-order chi connectivity index (χ1) is 5.00. The summed E-state index contributed by atoms with van der Waals surface area (Å²) in [6.45, 7) is 13.8. The molecular weight excluding hydrogens is 134 g/mol. The monoisotopic (exact) mass is 151 g/mol. The van der Waals surface area contributed by atoms with Gasteiger partial charge in [-0.2, -0.15) is 0 Å². The van der Waals surface area contributed by atoms with Crippen molar-refractivity contribution < 1.29 is 0 Å². The van der Waals surface area contributed by atoms with E-state index in [9.17, 15) is 0 Å². The van der Waals surface area contributed by atoms with Crippen LogP contribution in [0.3, 0.4) is 0 Å². The van der Waals surface area contributed by atoms with E-state index in [1.54, 1.807) is 0 Å². The summed E-state index contributed by atoms with van der Waals surface area (Å²) in [5.74, 6) is 0. The fraction of sp³-hybridized carbons (Fsp3) is 0.400. The van der Waals surface area contributed by atoms with Gasteiger partial charge in [0.15, 0.2) is 0 Å². The van der Waals surface area contributed by atoms with Crippen LogP contribution in [0.15, 0.2) is 35.6 Å². The van der Waals surface area contributed by atoms with Gasteiger partial charge < -0.3 is 5.32 Å². The number of nitrogens with one attached hydrogen (secondary N) is 1. The SMILES string of the molecule is C=C(C)C(C(=C)C)=C(C)NC. The van der Waals surface area contributed by atoms with E-state index in [4.69, 9.17) is 0 Å². The topological polar surface area (TPSA) is 12.0 Å². The normalized spacial score (nSPS) is 8.73. The Morgan fingerprint density at radius 3 is 1.45 bits per heavy atom. The molecule has 0 aromatic carbocycles. The first-order valence-electron chi connectivity index (χ1n) is 3.71. The number of rotatable bonds is 3. The molecule has 0 aromatic rings. The summed E-state index contributed by atoms with van der Waals surface area (Å²) in [6, 6.07) is 0. The average Bonchev–Trinajstić information content (AvgIpc) is 1.85. The van der Waals surface area contributed by atoms with Crippen LogP contribution < -0.4 is 5.32 Å². The van der Waals surface area contributed by atoms with Crippen LogP contribution in [0.5, 0.6) is 0 Å². The lowest BCUT2D eigenvalue weighted by Gasteiger charge is -2.11. The molecule has 0 amide bonds. The Balaban J connectivity index is 4.88. The van der Waals surface area contributed by atoms with Gasteiger partial charge >= 0.3 is 0 Å². The highest BCUT2D eigenvalue weighted by Gasteiger charge is 2.02. The van der Waals surface area contributed by atoms with Gasteiger partial charge in [-0.05, 0) is 37.5 Å². The first-order valence-corrected chi connectivity index (χ1v) is 3.71. The van der Waals surface area contributed by atoms with Gasteiger partial charge in [0.2, 0.25) is 0 Å². The van der Waals surface area contributed by atoms with Gasteiger partial charge in [-0.1, -0.05) is 13.2 Å². The zero-order chi connectivity index (χ0) is 9.02. The molecule has 0 saturated heterocycles. The Morgan fingerprint density at radius 1 is 1.00 bits per heavy atom. The lowest BCUT2D eigenvalue weighted by atomic mass is 10.0. The van der Waals surface area contributed by atoms with Crippen molar-refractivity contribution in [2.45, 2.75) is 20.8 Å². The highest BCUT2D eigenvalue weighted by Crippen LogP contribution is 2.18. The van der Waals surface area contributed by atoms with E-state index in [1.807, 2.05) is 27.8 Å². The molecule has 1 heteroatoms. The molecule has 0 radical (unpaired) electrons. The standard InChI is InChI=1S/C10H17N/c1-7(2)10(8(3)4)9(5)11-6/h11H,1,3H2,2,4-6H3. The van der Waals surface area contributed by atoms with E-state index in [1.165, 1.54) is 0 Å². The van der Waals surface area contributed by atoms with E-state index in [-0.39, 0.29) is 0 Å². The van der Waals surface area contributed by atoms with Gasteiger partial charge in [-0.25, -0.2) is 0 Å². The number of allylic oxidation sites excluding steroid dienone is 4. The van der Waals surface area contributed by atoms with Gasteiger partial charge in [0.25, 0.3) is 0 Å². The molecule has 0 aliphatic heterocycles. The van der Waals surface area contributed by atoms with E-state index in [0.29, 0.717) is 0 Å². The Morgan fingerprint density at radius 2 is 1.36 bits per heavy atom. The van der Waals surface area contributed by atoms with Crippen LogP contribution in [0.4, 0.5) is 0 Å². The molecule has 0 bridgehead atoms. The van der Waals surface area contributed by atoms with Crippen molar-refractivity contribution in [2.75, 3.05) is 7.05 Å². The quantitative estimate of drug-likeness (QED) is 0.611. The summed E-state index contributed by atoms with van der Waals surface area (Å²) < 4.78 is 0. The predicted molar refractivity (Wildman–Crippen MR) is 51.4 cm³/mol. The highest BCUT2D eigenvalue weighted by molar-refractivity contribution is 5.44. The summed E-state index contributed by atoms with van der Waals surface area (Å²) in [6.07, 6.45) is 0. The molecule has 11 heavy (non-hydrogen) atoms. The molecule has 0 saturated carbocycles. The summed E-state index contributed by atoms with van der Waals surface area (Å²) in [7, 11) is 1.90. The van der Waals surface area contributed by atoms with Gasteiger partial charge in [0.05, 0.1) is 0 Å². The zero-order valence-electron chi connectivity index (χ0n) is 7.91. The maximum absolute atomic E-state index is 3.89. The maximum atomic E-state index is 3.89. The molecule has 1 nitrogen and oxygen atoms in total. The minimum atomic E-state index is 1.06. The zero-order valence-corrected chi connectivity index (χ0v) is 7.91. The summed E-state index contributed by atoms with van der Waals surface area (Å²) in [5, 5.41) is 3.09. The fourth-order valence-corrected chi connectivity index (χ4v) is 1.13.